The molecule has 10 heteroatoms. The van der Waals surface area contributed by atoms with Gasteiger partial charge in [-0.1, -0.05) is 12.1 Å². The van der Waals surface area contributed by atoms with Gasteiger partial charge in [-0.05, 0) is 60.7 Å². The molecule has 0 N–H and O–H groups in total. The van der Waals surface area contributed by atoms with Gasteiger partial charge < -0.3 is 19.1 Å². The molecule has 2 saturated heterocycles. The van der Waals surface area contributed by atoms with Crippen LogP contribution in [0.5, 0.6) is 11.5 Å². The van der Waals surface area contributed by atoms with Crippen molar-refractivity contribution in [2.75, 3.05) is 56.8 Å². The van der Waals surface area contributed by atoms with Crippen molar-refractivity contribution >= 4 is 34.9 Å². The van der Waals surface area contributed by atoms with Gasteiger partial charge in [0.1, 0.15) is 11.5 Å². The molecule has 10 nitrogen and oxygen atoms in total. The maximum absolute atomic E-state index is 13.3. The number of rotatable bonds is 9. The number of hydrogen-bond donors (Lipinski definition) is 0. The van der Waals surface area contributed by atoms with E-state index in [4.69, 9.17) is 14.2 Å². The van der Waals surface area contributed by atoms with E-state index in [9.17, 15) is 19.2 Å². The lowest BCUT2D eigenvalue weighted by atomic mass is 10.1. The Morgan fingerprint density at radius 2 is 1.44 bits per heavy atom. The summed E-state index contributed by atoms with van der Waals surface area (Å²) in [5, 5.41) is 0. The van der Waals surface area contributed by atoms with Gasteiger partial charge in [-0.15, -0.1) is 0 Å². The van der Waals surface area contributed by atoms with Gasteiger partial charge in [0, 0.05) is 37.4 Å². The Hall–Kier alpha value is -4.70. The third-order valence-corrected chi connectivity index (χ3v) is 7.40. The van der Waals surface area contributed by atoms with Crippen molar-refractivity contribution in [2.45, 2.75) is 12.5 Å². The molecule has 3 aromatic carbocycles. The quantitative estimate of drug-likeness (QED) is 0.223. The average Bonchev–Trinajstić information content (AvgIpc) is 3.33. The van der Waals surface area contributed by atoms with Crippen LogP contribution in [0.15, 0.2) is 72.8 Å². The zero-order valence-electron chi connectivity index (χ0n) is 22.9. The molecule has 2 aliphatic rings. The first kappa shape index (κ1) is 27.9. The number of methoxy groups -OCH3 is 2. The molecule has 1 unspecified atom stereocenters. The molecule has 2 amide bonds. The van der Waals surface area contributed by atoms with Crippen LogP contribution in [0.1, 0.15) is 27.1 Å². The van der Waals surface area contributed by atoms with Crippen LogP contribution in [0.3, 0.4) is 0 Å². The van der Waals surface area contributed by atoms with Crippen LogP contribution in [-0.2, 0) is 14.3 Å². The second-order valence-corrected chi connectivity index (χ2v) is 9.79. The summed E-state index contributed by atoms with van der Waals surface area (Å²) in [6, 6.07) is 20.0. The first-order chi connectivity index (χ1) is 19.9. The summed E-state index contributed by atoms with van der Waals surface area (Å²) in [6.07, 6.45) is 0.109. The van der Waals surface area contributed by atoms with E-state index in [1.807, 2.05) is 24.3 Å². The standard InChI is InChI=1S/C31H31N3O7/c1-39-25-12-10-23(11-13-25)32-14-16-33(17-15-32)27-19-29(36)34(30(27)37)24-8-6-21(7-9-24)31(38)41-20-28(35)22-4-3-5-26(18-22)40-2/h3-13,18,27H,14-17,19-20H2,1-2H3. The second-order valence-electron chi connectivity index (χ2n) is 9.79. The summed E-state index contributed by atoms with van der Waals surface area (Å²) in [7, 11) is 3.14. The molecular weight excluding hydrogens is 526 g/mol. The van der Waals surface area contributed by atoms with E-state index in [1.165, 1.54) is 24.1 Å². The molecule has 2 fully saturated rings. The molecule has 0 bridgehead atoms. The predicted octanol–water partition coefficient (Wildman–Crippen LogP) is 3.20. The Kier molecular flexibility index (Phi) is 8.30. The van der Waals surface area contributed by atoms with E-state index >= 15 is 0 Å². The number of nitrogens with zero attached hydrogens (tertiary/aromatic N) is 3. The molecule has 5 rings (SSSR count). The van der Waals surface area contributed by atoms with E-state index in [0.29, 0.717) is 30.1 Å². The lowest BCUT2D eigenvalue weighted by Crippen LogP contribution is -2.52. The van der Waals surface area contributed by atoms with Crippen molar-refractivity contribution in [3.05, 3.63) is 83.9 Å². The number of esters is 1. The number of ether oxygens (including phenoxy) is 3. The summed E-state index contributed by atoms with van der Waals surface area (Å²) >= 11 is 0. The molecule has 2 heterocycles. The zero-order chi connectivity index (χ0) is 28.9. The minimum absolute atomic E-state index is 0.109. The van der Waals surface area contributed by atoms with Gasteiger partial charge in [0.05, 0.1) is 37.9 Å². The Morgan fingerprint density at radius 3 is 2.10 bits per heavy atom. The largest absolute Gasteiger partial charge is 0.497 e. The van der Waals surface area contributed by atoms with E-state index in [0.717, 1.165) is 24.5 Å². The van der Waals surface area contributed by atoms with Gasteiger partial charge in [-0.2, -0.15) is 0 Å². The SMILES string of the molecule is COc1ccc(N2CCN(C3CC(=O)N(c4ccc(C(=O)OCC(=O)c5cccc(OC)c5)cc4)C3=O)CC2)cc1. The van der Waals surface area contributed by atoms with Crippen molar-refractivity contribution in [3.63, 3.8) is 0 Å². The molecule has 1 atom stereocenters. The van der Waals surface area contributed by atoms with Crippen molar-refractivity contribution in [1.82, 2.24) is 4.90 Å². The molecule has 0 spiro atoms. The Balaban J connectivity index is 1.16. The Bertz CT molecular complexity index is 1430. The highest BCUT2D eigenvalue weighted by Gasteiger charge is 2.43. The van der Waals surface area contributed by atoms with E-state index < -0.39 is 18.6 Å². The van der Waals surface area contributed by atoms with Crippen LogP contribution >= 0.6 is 0 Å². The van der Waals surface area contributed by atoms with Crippen LogP contribution in [0.2, 0.25) is 0 Å². The van der Waals surface area contributed by atoms with Gasteiger partial charge in [-0.25, -0.2) is 9.69 Å². The summed E-state index contributed by atoms with van der Waals surface area (Å²) < 4.78 is 15.5. The molecular formula is C31H31N3O7. The van der Waals surface area contributed by atoms with Crippen molar-refractivity contribution in [2.24, 2.45) is 0 Å². The van der Waals surface area contributed by atoms with Gasteiger partial charge in [0.25, 0.3) is 5.91 Å². The maximum atomic E-state index is 13.3. The monoisotopic (exact) mass is 557 g/mol. The maximum Gasteiger partial charge on any atom is 0.338 e. The fourth-order valence-corrected chi connectivity index (χ4v) is 5.10. The summed E-state index contributed by atoms with van der Waals surface area (Å²) in [5.41, 5.74) is 2.06. The second kappa shape index (κ2) is 12.2. The van der Waals surface area contributed by atoms with E-state index in [-0.39, 0.29) is 29.6 Å². The minimum atomic E-state index is -0.681. The molecule has 41 heavy (non-hydrogen) atoms. The predicted molar refractivity (Wildman–Crippen MR) is 152 cm³/mol. The van der Waals surface area contributed by atoms with Gasteiger partial charge in [-0.3, -0.25) is 19.3 Å². The van der Waals surface area contributed by atoms with Gasteiger partial charge in [0.15, 0.2) is 12.4 Å². The number of piperazine rings is 1. The molecule has 0 saturated carbocycles. The number of amides is 2. The number of Topliss-reactive ketones (excluding diaryl/α,β-unsaturated/α-hetero) is 1. The number of carbonyl (C=O) groups is 4. The summed E-state index contributed by atoms with van der Waals surface area (Å²) in [6.45, 7) is 2.36. The highest BCUT2D eigenvalue weighted by molar-refractivity contribution is 6.22. The van der Waals surface area contributed by atoms with E-state index in [2.05, 4.69) is 9.80 Å². The number of hydrogen-bond acceptors (Lipinski definition) is 9. The van der Waals surface area contributed by atoms with Gasteiger partial charge in [0.2, 0.25) is 5.91 Å². The number of carbonyl (C=O) groups excluding carboxylic acids is 4. The zero-order valence-corrected chi connectivity index (χ0v) is 22.9. The summed E-state index contributed by atoms with van der Waals surface area (Å²) in [5.74, 6) is -0.268. The first-order valence-corrected chi connectivity index (χ1v) is 13.3. The first-order valence-electron chi connectivity index (χ1n) is 13.3. The minimum Gasteiger partial charge on any atom is -0.497 e. The van der Waals surface area contributed by atoms with Gasteiger partial charge >= 0.3 is 5.97 Å². The third kappa shape index (κ3) is 6.07. The van der Waals surface area contributed by atoms with Crippen LogP contribution in [0.25, 0.3) is 0 Å². The molecule has 0 aliphatic carbocycles. The number of imide groups is 1. The third-order valence-electron chi connectivity index (χ3n) is 7.40. The van der Waals surface area contributed by atoms with Crippen molar-refractivity contribution < 1.29 is 33.4 Å². The Labute approximate surface area is 238 Å². The lowest BCUT2D eigenvalue weighted by Gasteiger charge is -2.38. The molecule has 0 radical (unpaired) electrons. The fraction of sp³-hybridized carbons (Fsp3) is 0.290. The average molecular weight is 558 g/mol. The van der Waals surface area contributed by atoms with E-state index in [1.54, 1.807) is 43.5 Å². The lowest BCUT2D eigenvalue weighted by molar-refractivity contribution is -0.123. The number of anilines is 2. The fourth-order valence-electron chi connectivity index (χ4n) is 5.10. The van der Waals surface area contributed by atoms with Crippen LogP contribution in [-0.4, -0.2) is 81.5 Å². The van der Waals surface area contributed by atoms with Crippen molar-refractivity contribution in [1.29, 1.82) is 0 Å². The number of benzene rings is 3. The Morgan fingerprint density at radius 1 is 0.780 bits per heavy atom. The van der Waals surface area contributed by atoms with Crippen LogP contribution in [0, 0.1) is 0 Å². The topological polar surface area (TPSA) is 106 Å². The normalized spacial score (nSPS) is 17.5. The molecule has 3 aromatic rings. The number of ketones is 1. The van der Waals surface area contributed by atoms with Crippen molar-refractivity contribution in [3.8, 4) is 11.5 Å². The highest BCUT2D eigenvalue weighted by atomic mass is 16.5. The highest BCUT2D eigenvalue weighted by Crippen LogP contribution is 2.28. The molecule has 212 valence electrons. The smallest absolute Gasteiger partial charge is 0.338 e. The molecule has 0 aromatic heterocycles. The summed E-state index contributed by atoms with van der Waals surface area (Å²) in [4.78, 5) is 56.6. The van der Waals surface area contributed by atoms with Crippen LogP contribution < -0.4 is 19.3 Å². The van der Waals surface area contributed by atoms with Crippen LogP contribution in [0.4, 0.5) is 11.4 Å². The molecule has 2 aliphatic heterocycles.